The Morgan fingerprint density at radius 2 is 1.77 bits per heavy atom. The molecule has 0 fully saturated rings. The third kappa shape index (κ3) is 2.80. The van der Waals surface area contributed by atoms with E-state index in [9.17, 15) is 0 Å². The molecule has 1 heterocycles. The molecule has 6 heteroatoms. The highest BCUT2D eigenvalue weighted by atomic mass is 15.3. The van der Waals surface area contributed by atoms with Crippen LogP contribution in [0.4, 0.5) is 5.69 Å². The van der Waals surface area contributed by atoms with Crippen LogP contribution in [-0.4, -0.2) is 9.78 Å². The number of nitrogens with zero attached hydrogens (tertiary/aromatic N) is 5. The molecule has 6 nitrogen and oxygen atoms in total. The van der Waals surface area contributed by atoms with E-state index in [0.29, 0.717) is 5.69 Å². The number of rotatable bonds is 3. The molecule has 0 unspecified atom stereocenters. The van der Waals surface area contributed by atoms with E-state index < -0.39 is 0 Å². The number of allylic oxidation sites excluding steroid dienone is 2. The van der Waals surface area contributed by atoms with E-state index in [0.717, 1.165) is 17.1 Å². The Morgan fingerprint density at radius 1 is 1.09 bits per heavy atom. The fourth-order valence-electron chi connectivity index (χ4n) is 2.05. The third-order valence-electron chi connectivity index (χ3n) is 2.99. The van der Waals surface area contributed by atoms with Crippen LogP contribution < -0.4 is 5.32 Å². The van der Waals surface area contributed by atoms with E-state index in [1.54, 1.807) is 29.0 Å². The van der Waals surface area contributed by atoms with E-state index in [2.05, 4.69) is 10.4 Å². The second-order valence-electron chi connectivity index (χ2n) is 4.57. The molecule has 0 amide bonds. The number of anilines is 1. The van der Waals surface area contributed by atoms with Gasteiger partial charge in [0.1, 0.15) is 23.9 Å². The van der Waals surface area contributed by atoms with Crippen molar-refractivity contribution in [2.75, 3.05) is 5.32 Å². The largest absolute Gasteiger partial charge is 0.343 e. The van der Waals surface area contributed by atoms with Gasteiger partial charge in [0.25, 0.3) is 0 Å². The lowest BCUT2D eigenvalue weighted by Crippen LogP contribution is -2.07. The van der Waals surface area contributed by atoms with Crippen LogP contribution in [-0.2, 0) is 0 Å². The predicted octanol–water partition coefficient (Wildman–Crippen LogP) is 2.73. The Morgan fingerprint density at radius 3 is 2.32 bits per heavy atom. The monoisotopic (exact) mass is 288 g/mol. The summed E-state index contributed by atoms with van der Waals surface area (Å²) in [6.45, 7) is 3.82. The van der Waals surface area contributed by atoms with E-state index in [4.69, 9.17) is 15.8 Å². The van der Waals surface area contributed by atoms with Gasteiger partial charge in [0, 0.05) is 5.69 Å². The number of para-hydroxylation sites is 2. The summed E-state index contributed by atoms with van der Waals surface area (Å²) in [5.41, 5.74) is 2.79. The van der Waals surface area contributed by atoms with Crippen LogP contribution in [0.5, 0.6) is 0 Å². The molecule has 0 spiro atoms. The molecule has 1 aromatic carbocycles. The van der Waals surface area contributed by atoms with Crippen molar-refractivity contribution >= 4 is 5.69 Å². The summed E-state index contributed by atoms with van der Waals surface area (Å²) in [6.07, 6.45) is 0. The van der Waals surface area contributed by atoms with Gasteiger partial charge in [-0.3, -0.25) is 0 Å². The lowest BCUT2D eigenvalue weighted by molar-refractivity contribution is 0.835. The average Bonchev–Trinajstić information content (AvgIpc) is 2.86. The van der Waals surface area contributed by atoms with Crippen molar-refractivity contribution in [3.8, 4) is 23.9 Å². The summed E-state index contributed by atoms with van der Waals surface area (Å²) in [7, 11) is 0. The molecule has 22 heavy (non-hydrogen) atoms. The van der Waals surface area contributed by atoms with Gasteiger partial charge in [0.15, 0.2) is 5.57 Å². The average molecular weight is 288 g/mol. The van der Waals surface area contributed by atoms with E-state index in [1.165, 1.54) is 0 Å². The van der Waals surface area contributed by atoms with Gasteiger partial charge in [-0.05, 0) is 32.0 Å². The highest BCUT2D eigenvalue weighted by Gasteiger charge is 2.12. The lowest BCUT2D eigenvalue weighted by atomic mass is 10.2. The number of hydrogen-bond acceptors (Lipinski definition) is 5. The first-order valence-electron chi connectivity index (χ1n) is 6.45. The van der Waals surface area contributed by atoms with Crippen LogP contribution in [0.2, 0.25) is 0 Å². The number of nitrogens with one attached hydrogen (secondary N) is 1. The Hall–Kier alpha value is -3.56. The molecule has 0 aliphatic carbocycles. The van der Waals surface area contributed by atoms with Gasteiger partial charge in [-0.2, -0.15) is 20.9 Å². The summed E-state index contributed by atoms with van der Waals surface area (Å²) in [6, 6.07) is 14.4. The third-order valence-corrected chi connectivity index (χ3v) is 2.99. The van der Waals surface area contributed by atoms with Crippen molar-refractivity contribution in [1.29, 1.82) is 15.8 Å². The molecule has 0 atom stereocenters. The van der Waals surface area contributed by atoms with Crippen LogP contribution in [0, 0.1) is 47.8 Å². The highest BCUT2D eigenvalue weighted by molar-refractivity contribution is 5.67. The fourth-order valence-corrected chi connectivity index (χ4v) is 2.05. The van der Waals surface area contributed by atoms with Crippen molar-refractivity contribution < 1.29 is 0 Å². The maximum atomic E-state index is 9.15. The molecule has 0 saturated carbocycles. The second kappa shape index (κ2) is 6.26. The zero-order chi connectivity index (χ0) is 16.1. The molecular weight excluding hydrogens is 276 g/mol. The molecular formula is C16H12N6. The quantitative estimate of drug-likeness (QED) is 0.875. The maximum Gasteiger partial charge on any atom is 0.163 e. The summed E-state index contributed by atoms with van der Waals surface area (Å²) < 4.78 is 1.74. The molecule has 0 aliphatic heterocycles. The summed E-state index contributed by atoms with van der Waals surface area (Å²) in [4.78, 5) is 0. The Kier molecular flexibility index (Phi) is 4.22. The molecule has 0 saturated heterocycles. The van der Waals surface area contributed by atoms with Crippen molar-refractivity contribution in [3.63, 3.8) is 0 Å². The number of hydrogen-bond donors (Lipinski definition) is 1. The van der Waals surface area contributed by atoms with Gasteiger partial charge in [-0.15, -0.1) is 0 Å². The van der Waals surface area contributed by atoms with Crippen LogP contribution in [0.1, 0.15) is 11.4 Å². The molecule has 2 rings (SSSR count). The number of aryl methyl sites for hydroxylation is 2. The molecule has 0 radical (unpaired) electrons. The zero-order valence-electron chi connectivity index (χ0n) is 12.1. The standard InChI is InChI=1S/C16H12N6/c1-11-7-12(2)22(21-11)16-6-4-3-5-14(16)20-15(10-19)13(8-17)9-18/h3-7,20H,1-2H3. The smallest absolute Gasteiger partial charge is 0.163 e. The van der Waals surface area contributed by atoms with E-state index >= 15 is 0 Å². The van der Waals surface area contributed by atoms with Gasteiger partial charge in [-0.1, -0.05) is 12.1 Å². The van der Waals surface area contributed by atoms with E-state index in [-0.39, 0.29) is 11.3 Å². The predicted molar refractivity (Wildman–Crippen MR) is 80.5 cm³/mol. The summed E-state index contributed by atoms with van der Waals surface area (Å²) >= 11 is 0. The molecule has 1 aromatic heterocycles. The topological polar surface area (TPSA) is 101 Å². The summed E-state index contributed by atoms with van der Waals surface area (Å²) in [5, 5.41) is 34.2. The Balaban J connectivity index is 2.54. The van der Waals surface area contributed by atoms with Crippen LogP contribution in [0.3, 0.4) is 0 Å². The fraction of sp³-hybridized carbons (Fsp3) is 0.125. The first kappa shape index (κ1) is 14.8. The van der Waals surface area contributed by atoms with Crippen molar-refractivity contribution in [3.05, 3.63) is 53.0 Å². The number of benzene rings is 1. The lowest BCUT2D eigenvalue weighted by Gasteiger charge is -2.12. The van der Waals surface area contributed by atoms with E-state index in [1.807, 2.05) is 38.1 Å². The van der Waals surface area contributed by atoms with Crippen LogP contribution in [0.15, 0.2) is 41.6 Å². The molecule has 1 N–H and O–H groups in total. The van der Waals surface area contributed by atoms with Crippen molar-refractivity contribution in [1.82, 2.24) is 9.78 Å². The zero-order valence-corrected chi connectivity index (χ0v) is 12.1. The minimum atomic E-state index is -0.259. The van der Waals surface area contributed by atoms with Gasteiger partial charge in [0.2, 0.25) is 0 Å². The first-order valence-corrected chi connectivity index (χ1v) is 6.45. The van der Waals surface area contributed by atoms with Gasteiger partial charge < -0.3 is 5.32 Å². The molecule has 0 bridgehead atoms. The Bertz CT molecular complexity index is 851. The maximum absolute atomic E-state index is 9.15. The minimum Gasteiger partial charge on any atom is -0.343 e. The van der Waals surface area contributed by atoms with Crippen LogP contribution >= 0.6 is 0 Å². The van der Waals surface area contributed by atoms with Gasteiger partial charge >= 0.3 is 0 Å². The normalized spacial score (nSPS) is 9.23. The minimum absolute atomic E-state index is 0.0843. The number of aromatic nitrogens is 2. The Labute approximate surface area is 128 Å². The second-order valence-corrected chi connectivity index (χ2v) is 4.57. The van der Waals surface area contributed by atoms with Gasteiger partial charge in [-0.25, -0.2) is 4.68 Å². The van der Waals surface area contributed by atoms with Crippen LogP contribution in [0.25, 0.3) is 5.69 Å². The molecule has 106 valence electrons. The number of nitriles is 3. The SMILES string of the molecule is Cc1cc(C)n(-c2ccccc2NC(C#N)=C(C#N)C#N)n1. The van der Waals surface area contributed by atoms with Gasteiger partial charge in [0.05, 0.1) is 17.1 Å². The highest BCUT2D eigenvalue weighted by Crippen LogP contribution is 2.23. The van der Waals surface area contributed by atoms with Crippen molar-refractivity contribution in [2.24, 2.45) is 0 Å². The molecule has 2 aromatic rings. The summed E-state index contributed by atoms with van der Waals surface area (Å²) in [5.74, 6) is 0. The van der Waals surface area contributed by atoms with Crippen molar-refractivity contribution in [2.45, 2.75) is 13.8 Å². The molecule has 0 aliphatic rings. The first-order chi connectivity index (χ1) is 10.6.